The second-order valence-electron chi connectivity index (χ2n) is 2.40. The molecule has 0 aromatic carbocycles. The molecular formula is C10H16O2. The number of ether oxygens (including phenoxy) is 1. The summed E-state index contributed by atoms with van der Waals surface area (Å²) in [5.74, 6) is -0.301. The highest BCUT2D eigenvalue weighted by Crippen LogP contribution is 2.03. The van der Waals surface area contributed by atoms with Crippen molar-refractivity contribution in [2.24, 2.45) is 0 Å². The first-order chi connectivity index (χ1) is 5.74. The highest BCUT2D eigenvalue weighted by Gasteiger charge is 1.91. The highest BCUT2D eigenvalue weighted by atomic mass is 16.5. The monoisotopic (exact) mass is 168 g/mol. The molecule has 2 nitrogen and oxygen atoms in total. The Labute approximate surface area is 73.9 Å². The molecule has 0 aliphatic carbocycles. The Morgan fingerprint density at radius 3 is 2.42 bits per heavy atom. The molecule has 0 fully saturated rings. The van der Waals surface area contributed by atoms with Crippen molar-refractivity contribution in [2.45, 2.75) is 26.7 Å². The number of carbonyl (C=O) groups is 1. The maximum absolute atomic E-state index is 10.7. The van der Waals surface area contributed by atoms with Crippen LogP contribution in [-0.4, -0.2) is 13.1 Å². The molecule has 2 heteroatoms. The molecular weight excluding hydrogens is 152 g/mol. The van der Waals surface area contributed by atoms with Crippen molar-refractivity contribution in [3.63, 3.8) is 0 Å². The van der Waals surface area contributed by atoms with Gasteiger partial charge in [-0.15, -0.1) is 0 Å². The summed E-state index contributed by atoms with van der Waals surface area (Å²) in [6.07, 6.45) is 7.29. The zero-order valence-electron chi connectivity index (χ0n) is 7.96. The van der Waals surface area contributed by atoms with E-state index in [0.717, 1.165) is 12.8 Å². The van der Waals surface area contributed by atoms with Crippen LogP contribution in [0.2, 0.25) is 0 Å². The second-order valence-corrected chi connectivity index (χ2v) is 2.40. The molecule has 0 bridgehead atoms. The van der Waals surface area contributed by atoms with Crippen LogP contribution in [0.5, 0.6) is 0 Å². The van der Waals surface area contributed by atoms with Crippen LogP contribution < -0.4 is 0 Å². The van der Waals surface area contributed by atoms with E-state index in [1.807, 2.05) is 0 Å². The Morgan fingerprint density at radius 2 is 2.00 bits per heavy atom. The third-order valence-corrected chi connectivity index (χ3v) is 1.51. The van der Waals surface area contributed by atoms with Gasteiger partial charge in [-0.1, -0.05) is 31.6 Å². The number of carbonyl (C=O) groups excluding carboxylic acids is 1. The van der Waals surface area contributed by atoms with Crippen molar-refractivity contribution < 1.29 is 9.53 Å². The van der Waals surface area contributed by atoms with Gasteiger partial charge in [0.25, 0.3) is 0 Å². The molecule has 0 spiro atoms. The highest BCUT2D eigenvalue weighted by molar-refractivity contribution is 5.82. The summed E-state index contributed by atoms with van der Waals surface area (Å²) in [5, 5.41) is 0. The van der Waals surface area contributed by atoms with Crippen molar-refractivity contribution >= 4 is 5.97 Å². The summed E-state index contributed by atoms with van der Waals surface area (Å²) < 4.78 is 4.47. The van der Waals surface area contributed by atoms with Crippen LogP contribution in [0.15, 0.2) is 23.8 Å². The molecule has 68 valence electrons. The van der Waals surface area contributed by atoms with Gasteiger partial charge in [-0.3, -0.25) is 0 Å². The number of methoxy groups -OCH3 is 1. The SMILES string of the molecule is CC/C=C(/C=C/C(=O)OC)CC. The lowest BCUT2D eigenvalue weighted by molar-refractivity contribution is -0.134. The zero-order chi connectivity index (χ0) is 9.40. The lowest BCUT2D eigenvalue weighted by Gasteiger charge is -1.95. The minimum absolute atomic E-state index is 0.301. The quantitative estimate of drug-likeness (QED) is 0.366. The molecule has 0 heterocycles. The maximum atomic E-state index is 10.7. The van der Waals surface area contributed by atoms with E-state index in [2.05, 4.69) is 24.7 Å². The predicted octanol–water partition coefficient (Wildman–Crippen LogP) is 2.46. The average molecular weight is 168 g/mol. The standard InChI is InChI=1S/C10H16O2/c1-4-6-9(5-2)7-8-10(11)12-3/h6-8H,4-5H2,1-3H3/b8-7+,9-6+. The van der Waals surface area contributed by atoms with Crippen LogP contribution in [0, 0.1) is 0 Å². The van der Waals surface area contributed by atoms with Crippen LogP contribution in [0.4, 0.5) is 0 Å². The van der Waals surface area contributed by atoms with Gasteiger partial charge in [0.15, 0.2) is 0 Å². The molecule has 12 heavy (non-hydrogen) atoms. The zero-order valence-corrected chi connectivity index (χ0v) is 7.96. The molecule has 0 N–H and O–H groups in total. The Kier molecular flexibility index (Phi) is 6.07. The van der Waals surface area contributed by atoms with Crippen molar-refractivity contribution in [1.82, 2.24) is 0 Å². The van der Waals surface area contributed by atoms with E-state index in [0.29, 0.717) is 0 Å². The average Bonchev–Trinajstić information content (AvgIpc) is 2.11. The molecule has 0 unspecified atom stereocenters. The van der Waals surface area contributed by atoms with E-state index < -0.39 is 0 Å². The van der Waals surface area contributed by atoms with Crippen LogP contribution in [0.1, 0.15) is 26.7 Å². The van der Waals surface area contributed by atoms with E-state index >= 15 is 0 Å². The molecule has 0 rings (SSSR count). The van der Waals surface area contributed by atoms with Crippen LogP contribution in [0.25, 0.3) is 0 Å². The number of hydrogen-bond acceptors (Lipinski definition) is 2. The molecule has 0 saturated carbocycles. The molecule has 0 aliphatic heterocycles. The molecule has 0 aromatic rings. The minimum atomic E-state index is -0.301. The van der Waals surface area contributed by atoms with Crippen molar-refractivity contribution in [3.8, 4) is 0 Å². The third-order valence-electron chi connectivity index (χ3n) is 1.51. The summed E-state index contributed by atoms with van der Waals surface area (Å²) in [5.41, 5.74) is 1.17. The van der Waals surface area contributed by atoms with E-state index in [4.69, 9.17) is 0 Å². The minimum Gasteiger partial charge on any atom is -0.466 e. The van der Waals surface area contributed by atoms with Gasteiger partial charge >= 0.3 is 5.97 Å². The van der Waals surface area contributed by atoms with Crippen molar-refractivity contribution in [1.29, 1.82) is 0 Å². The second kappa shape index (κ2) is 6.65. The molecule has 0 atom stereocenters. The van der Waals surface area contributed by atoms with Crippen LogP contribution in [-0.2, 0) is 9.53 Å². The van der Waals surface area contributed by atoms with E-state index in [1.165, 1.54) is 18.8 Å². The van der Waals surface area contributed by atoms with E-state index in [1.54, 1.807) is 6.08 Å². The molecule has 0 aliphatic rings. The molecule has 0 amide bonds. The Hall–Kier alpha value is -1.05. The first kappa shape index (κ1) is 11.0. The summed E-state index contributed by atoms with van der Waals surface area (Å²) in [6.45, 7) is 4.13. The number of esters is 1. The van der Waals surface area contributed by atoms with Gasteiger partial charge in [0.05, 0.1) is 7.11 Å². The fourth-order valence-corrected chi connectivity index (χ4v) is 0.836. The summed E-state index contributed by atoms with van der Waals surface area (Å²) >= 11 is 0. The normalized spacial score (nSPS) is 12.1. The van der Waals surface area contributed by atoms with Gasteiger partial charge in [0.1, 0.15) is 0 Å². The van der Waals surface area contributed by atoms with Gasteiger partial charge < -0.3 is 4.74 Å². The van der Waals surface area contributed by atoms with Crippen molar-refractivity contribution in [3.05, 3.63) is 23.8 Å². The fraction of sp³-hybridized carbons (Fsp3) is 0.500. The number of rotatable bonds is 4. The number of hydrogen-bond donors (Lipinski definition) is 0. The first-order valence-corrected chi connectivity index (χ1v) is 4.19. The summed E-state index contributed by atoms with van der Waals surface area (Å²) in [6, 6.07) is 0. The van der Waals surface area contributed by atoms with Gasteiger partial charge in [0, 0.05) is 6.08 Å². The maximum Gasteiger partial charge on any atom is 0.330 e. The lowest BCUT2D eigenvalue weighted by atomic mass is 10.1. The lowest BCUT2D eigenvalue weighted by Crippen LogP contribution is -1.93. The van der Waals surface area contributed by atoms with Gasteiger partial charge in [-0.05, 0) is 12.8 Å². The predicted molar refractivity (Wildman–Crippen MR) is 49.8 cm³/mol. The Morgan fingerprint density at radius 1 is 1.33 bits per heavy atom. The molecule has 0 saturated heterocycles. The first-order valence-electron chi connectivity index (χ1n) is 4.19. The fourth-order valence-electron chi connectivity index (χ4n) is 0.836. The van der Waals surface area contributed by atoms with Crippen LogP contribution in [0.3, 0.4) is 0 Å². The smallest absolute Gasteiger partial charge is 0.330 e. The topological polar surface area (TPSA) is 26.3 Å². The number of allylic oxidation sites excluding steroid dienone is 3. The van der Waals surface area contributed by atoms with E-state index in [-0.39, 0.29) is 5.97 Å². The van der Waals surface area contributed by atoms with Crippen molar-refractivity contribution in [2.75, 3.05) is 7.11 Å². The molecule has 0 radical (unpaired) electrons. The third kappa shape index (κ3) is 4.72. The van der Waals surface area contributed by atoms with E-state index in [9.17, 15) is 4.79 Å². The van der Waals surface area contributed by atoms with Gasteiger partial charge in [-0.2, -0.15) is 0 Å². The largest absolute Gasteiger partial charge is 0.466 e. The summed E-state index contributed by atoms with van der Waals surface area (Å²) in [4.78, 5) is 10.7. The van der Waals surface area contributed by atoms with Crippen LogP contribution >= 0.6 is 0 Å². The summed E-state index contributed by atoms with van der Waals surface area (Å²) in [7, 11) is 1.38. The molecule has 0 aromatic heterocycles. The Balaban J connectivity index is 4.10. The Bertz CT molecular complexity index is 190. The van der Waals surface area contributed by atoms with Gasteiger partial charge in [-0.25, -0.2) is 4.79 Å². The van der Waals surface area contributed by atoms with Gasteiger partial charge in [0.2, 0.25) is 0 Å².